The van der Waals surface area contributed by atoms with Gasteiger partial charge in [0.15, 0.2) is 0 Å². The number of likely N-dealkylation sites (N-methyl/N-ethyl adjacent to an activating group) is 1. The van der Waals surface area contributed by atoms with Gasteiger partial charge >= 0.3 is 0 Å². The first kappa shape index (κ1) is 14.0. The molecule has 0 atom stereocenters. The highest BCUT2D eigenvalue weighted by Gasteiger charge is 2.24. The first-order valence-corrected chi connectivity index (χ1v) is 7.13. The number of rotatable bonds is 1. The number of nitrogens with one attached hydrogen (secondary N) is 1. The van der Waals surface area contributed by atoms with Gasteiger partial charge in [0, 0.05) is 36.2 Å². The van der Waals surface area contributed by atoms with E-state index >= 15 is 0 Å². The molecule has 0 saturated carbocycles. The van der Waals surface area contributed by atoms with Crippen molar-refractivity contribution >= 4 is 16.8 Å². The van der Waals surface area contributed by atoms with Gasteiger partial charge in [-0.05, 0) is 44.2 Å². The summed E-state index contributed by atoms with van der Waals surface area (Å²) in [7, 11) is 2.05. The molecule has 5 nitrogen and oxygen atoms in total. The number of benzene rings is 1. The van der Waals surface area contributed by atoms with Crippen LogP contribution in [0.4, 0.5) is 0 Å². The van der Waals surface area contributed by atoms with Crippen molar-refractivity contribution in [2.45, 2.75) is 26.8 Å². The molecule has 5 heteroatoms. The van der Waals surface area contributed by atoms with E-state index in [1.807, 2.05) is 13.0 Å². The minimum Gasteiger partial charge on any atom is -0.302 e. The number of nitrogens with zero attached hydrogens (tertiary/aromatic N) is 2. The molecule has 110 valence electrons. The lowest BCUT2D eigenvalue weighted by atomic mass is 9.93. The van der Waals surface area contributed by atoms with Crippen LogP contribution in [0, 0.1) is 13.8 Å². The molecule has 0 fully saturated rings. The van der Waals surface area contributed by atoms with Crippen LogP contribution in [0.5, 0.6) is 0 Å². The van der Waals surface area contributed by atoms with Gasteiger partial charge in [-0.25, -0.2) is 5.84 Å². The molecule has 2 aromatic rings. The molecule has 0 aliphatic carbocycles. The first-order chi connectivity index (χ1) is 10.0. The number of aryl methyl sites for hydroxylation is 2. The highest BCUT2D eigenvalue weighted by atomic mass is 16.2. The molecule has 1 amide bonds. The largest absolute Gasteiger partial charge is 0.302 e. The van der Waals surface area contributed by atoms with Crippen molar-refractivity contribution < 1.29 is 4.79 Å². The summed E-state index contributed by atoms with van der Waals surface area (Å²) >= 11 is 0. The fraction of sp³-hybridized carbons (Fsp3) is 0.375. The third-order valence-electron chi connectivity index (χ3n) is 4.30. The Morgan fingerprint density at radius 2 is 2.05 bits per heavy atom. The van der Waals surface area contributed by atoms with E-state index in [1.165, 1.54) is 5.56 Å². The zero-order chi connectivity index (χ0) is 15.1. The number of fused-ring (bicyclic) bond motifs is 2. The monoisotopic (exact) mass is 284 g/mol. The Balaban J connectivity index is 2.37. The fourth-order valence-electron chi connectivity index (χ4n) is 2.97. The van der Waals surface area contributed by atoms with E-state index in [0.717, 1.165) is 47.2 Å². The van der Waals surface area contributed by atoms with Crippen LogP contribution < -0.4 is 11.3 Å². The number of hydrazine groups is 1. The minimum absolute atomic E-state index is 0.239. The first-order valence-electron chi connectivity index (χ1n) is 7.13. The number of nitrogen functional groups attached to an aromatic ring is 1. The van der Waals surface area contributed by atoms with Crippen LogP contribution in [-0.2, 0) is 13.0 Å². The van der Waals surface area contributed by atoms with Gasteiger partial charge in [0.25, 0.3) is 5.91 Å². The third-order valence-corrected chi connectivity index (χ3v) is 4.30. The molecule has 0 spiro atoms. The van der Waals surface area contributed by atoms with Crippen molar-refractivity contribution in [3.63, 3.8) is 0 Å². The van der Waals surface area contributed by atoms with Gasteiger partial charge in [-0.1, -0.05) is 0 Å². The Hall–Kier alpha value is -1.98. The van der Waals surface area contributed by atoms with Gasteiger partial charge in [-0.3, -0.25) is 15.2 Å². The number of hydrogen-bond donors (Lipinski definition) is 2. The highest BCUT2D eigenvalue weighted by Crippen LogP contribution is 2.29. The SMILES string of the molecule is Cc1cc2nc3c(c(C(=O)NN)c2cc1C)CN(C)CC3. The molecular formula is C16H20N4O. The predicted octanol–water partition coefficient (Wildman–Crippen LogP) is 1.44. The van der Waals surface area contributed by atoms with E-state index in [9.17, 15) is 4.79 Å². The number of nitrogens with two attached hydrogens (primary N) is 1. The lowest BCUT2D eigenvalue weighted by Gasteiger charge is -2.27. The smallest absolute Gasteiger partial charge is 0.266 e. The highest BCUT2D eigenvalue weighted by molar-refractivity contribution is 6.07. The maximum Gasteiger partial charge on any atom is 0.266 e. The van der Waals surface area contributed by atoms with Crippen LogP contribution in [0.15, 0.2) is 12.1 Å². The summed E-state index contributed by atoms with van der Waals surface area (Å²) in [6.07, 6.45) is 0.861. The number of carbonyl (C=O) groups excluding carboxylic acids is 1. The zero-order valence-electron chi connectivity index (χ0n) is 12.7. The summed E-state index contributed by atoms with van der Waals surface area (Å²) in [4.78, 5) is 19.3. The maximum atomic E-state index is 12.3. The zero-order valence-corrected chi connectivity index (χ0v) is 12.7. The van der Waals surface area contributed by atoms with Crippen LogP contribution >= 0.6 is 0 Å². The quantitative estimate of drug-likeness (QED) is 0.472. The van der Waals surface area contributed by atoms with Crippen LogP contribution in [0.2, 0.25) is 0 Å². The molecule has 0 unspecified atom stereocenters. The number of pyridine rings is 1. The van der Waals surface area contributed by atoms with Crippen molar-refractivity contribution in [1.82, 2.24) is 15.3 Å². The second kappa shape index (κ2) is 5.09. The molecule has 1 aromatic heterocycles. The maximum absolute atomic E-state index is 12.3. The Kier molecular flexibility index (Phi) is 3.39. The van der Waals surface area contributed by atoms with Crippen molar-refractivity contribution in [3.05, 3.63) is 40.1 Å². The summed E-state index contributed by atoms with van der Waals surface area (Å²) in [6, 6.07) is 4.09. The molecule has 3 N–H and O–H groups in total. The van der Waals surface area contributed by atoms with Crippen molar-refractivity contribution in [1.29, 1.82) is 0 Å². The molecule has 1 aliphatic rings. The average molecular weight is 284 g/mol. The standard InChI is InChI=1S/C16H20N4O/c1-9-6-11-14(7-10(9)2)18-13-4-5-20(3)8-12(13)15(11)16(21)19-17/h6-7H,4-5,8,17H2,1-3H3,(H,19,21). The van der Waals surface area contributed by atoms with E-state index < -0.39 is 0 Å². The predicted molar refractivity (Wildman–Crippen MR) is 82.9 cm³/mol. The number of carbonyl (C=O) groups is 1. The summed E-state index contributed by atoms with van der Waals surface area (Å²) in [6.45, 7) is 5.80. The summed E-state index contributed by atoms with van der Waals surface area (Å²) in [5, 5.41) is 0.884. The molecule has 1 aromatic carbocycles. The summed E-state index contributed by atoms with van der Waals surface area (Å²) in [5.41, 5.74) is 8.19. The molecule has 0 radical (unpaired) electrons. The Bertz CT molecular complexity index is 739. The minimum atomic E-state index is -0.239. The van der Waals surface area contributed by atoms with Gasteiger partial charge in [0.1, 0.15) is 0 Å². The summed E-state index contributed by atoms with van der Waals surface area (Å²) in [5.74, 6) is 5.16. The van der Waals surface area contributed by atoms with Gasteiger partial charge in [-0.15, -0.1) is 0 Å². The van der Waals surface area contributed by atoms with Gasteiger partial charge in [-0.2, -0.15) is 0 Å². The summed E-state index contributed by atoms with van der Waals surface area (Å²) < 4.78 is 0. The van der Waals surface area contributed by atoms with E-state index in [2.05, 4.69) is 30.4 Å². The fourth-order valence-corrected chi connectivity index (χ4v) is 2.97. The van der Waals surface area contributed by atoms with Gasteiger partial charge in [0.05, 0.1) is 11.1 Å². The second-order valence-corrected chi connectivity index (χ2v) is 5.83. The number of aromatic nitrogens is 1. The molecule has 3 rings (SSSR count). The Morgan fingerprint density at radius 1 is 1.33 bits per heavy atom. The molecular weight excluding hydrogens is 264 g/mol. The van der Waals surface area contributed by atoms with Crippen molar-refractivity contribution in [2.24, 2.45) is 5.84 Å². The molecule has 2 heterocycles. The Labute approximate surface area is 124 Å². The van der Waals surface area contributed by atoms with Crippen LogP contribution in [-0.4, -0.2) is 29.4 Å². The number of hydrogen-bond acceptors (Lipinski definition) is 4. The Morgan fingerprint density at radius 3 is 2.76 bits per heavy atom. The van der Waals surface area contributed by atoms with Crippen molar-refractivity contribution in [2.75, 3.05) is 13.6 Å². The van der Waals surface area contributed by atoms with E-state index in [-0.39, 0.29) is 5.91 Å². The van der Waals surface area contributed by atoms with Gasteiger partial charge in [0.2, 0.25) is 0 Å². The number of amides is 1. The van der Waals surface area contributed by atoms with Crippen LogP contribution in [0.1, 0.15) is 32.7 Å². The third kappa shape index (κ3) is 2.28. The van der Waals surface area contributed by atoms with Crippen molar-refractivity contribution in [3.8, 4) is 0 Å². The molecule has 1 aliphatic heterocycles. The van der Waals surface area contributed by atoms with Crippen LogP contribution in [0.25, 0.3) is 10.9 Å². The van der Waals surface area contributed by atoms with Gasteiger partial charge < -0.3 is 4.90 Å². The molecule has 21 heavy (non-hydrogen) atoms. The lowest BCUT2D eigenvalue weighted by molar-refractivity contribution is 0.0953. The normalized spacial score (nSPS) is 15.0. The average Bonchev–Trinajstić information content (AvgIpc) is 2.46. The van der Waals surface area contributed by atoms with Crippen LogP contribution in [0.3, 0.4) is 0 Å². The van der Waals surface area contributed by atoms with E-state index in [1.54, 1.807) is 0 Å². The van der Waals surface area contributed by atoms with E-state index in [0.29, 0.717) is 5.56 Å². The molecule has 0 saturated heterocycles. The lowest BCUT2D eigenvalue weighted by Crippen LogP contribution is -2.34. The molecule has 0 bridgehead atoms. The van der Waals surface area contributed by atoms with E-state index in [4.69, 9.17) is 10.8 Å². The topological polar surface area (TPSA) is 71.2 Å². The second-order valence-electron chi connectivity index (χ2n) is 5.83.